The Bertz CT molecular complexity index is 733. The largest absolute Gasteiger partial charge is 0.444 e. The van der Waals surface area contributed by atoms with Crippen LogP contribution in [-0.2, 0) is 4.74 Å². The third-order valence-corrected chi connectivity index (χ3v) is 3.29. The zero-order valence-electron chi connectivity index (χ0n) is 15.6. The fourth-order valence-corrected chi connectivity index (χ4v) is 1.84. The third kappa shape index (κ3) is 5.98. The van der Waals surface area contributed by atoms with Gasteiger partial charge in [0.05, 0.1) is 12.2 Å². The molecule has 0 aliphatic rings. The van der Waals surface area contributed by atoms with Crippen LogP contribution in [0.4, 0.5) is 22.4 Å². The van der Waals surface area contributed by atoms with E-state index in [1.165, 1.54) is 13.0 Å². The summed E-state index contributed by atoms with van der Waals surface area (Å²) in [5.41, 5.74) is -1.63. The molecule has 0 aliphatic heterocycles. The van der Waals surface area contributed by atoms with Crippen LogP contribution in [0.5, 0.6) is 5.88 Å². The van der Waals surface area contributed by atoms with Crippen LogP contribution in [0, 0.1) is 24.1 Å². The fraction of sp³-hybridized carbons (Fsp3) is 0.588. The summed E-state index contributed by atoms with van der Waals surface area (Å²) < 4.78 is 65.5. The lowest BCUT2D eigenvalue weighted by atomic mass is 10.2. The first-order valence-electron chi connectivity index (χ1n) is 7.92. The number of pyridine rings is 1. The van der Waals surface area contributed by atoms with Crippen molar-refractivity contribution in [1.29, 1.82) is 5.26 Å². The Kier molecular flexibility index (Phi) is 7.00. The summed E-state index contributed by atoms with van der Waals surface area (Å²) >= 11 is 0. The van der Waals surface area contributed by atoms with E-state index in [4.69, 9.17) is 10.00 Å². The Balaban J connectivity index is 2.99. The second kappa shape index (κ2) is 8.41. The molecule has 2 atom stereocenters. The standard InChI is InChI=1S/C17H21F4N3O3/c1-10-12(19)6-11(7-22)14(23-10)26-17(21,9-18)13(20)8-24(5)15(25)27-16(2,3)4/h6,13H,8-9H2,1-5H3. The highest BCUT2D eigenvalue weighted by molar-refractivity contribution is 5.67. The molecule has 0 bridgehead atoms. The number of rotatable bonds is 6. The molecule has 0 saturated heterocycles. The number of amides is 1. The molecule has 10 heteroatoms. The molecule has 1 rings (SSSR count). The predicted molar refractivity (Wildman–Crippen MR) is 87.8 cm³/mol. The number of aryl methyl sites for hydroxylation is 1. The van der Waals surface area contributed by atoms with Gasteiger partial charge in [0, 0.05) is 7.05 Å². The second-order valence-electron chi connectivity index (χ2n) is 6.87. The van der Waals surface area contributed by atoms with Gasteiger partial charge in [-0.05, 0) is 33.8 Å². The number of aromatic nitrogens is 1. The van der Waals surface area contributed by atoms with E-state index in [2.05, 4.69) is 9.72 Å². The van der Waals surface area contributed by atoms with E-state index in [0.717, 1.165) is 18.0 Å². The Labute approximate surface area is 154 Å². The summed E-state index contributed by atoms with van der Waals surface area (Å²) in [6.45, 7) is 3.14. The van der Waals surface area contributed by atoms with Crippen LogP contribution in [0.2, 0.25) is 0 Å². The predicted octanol–water partition coefficient (Wildman–Crippen LogP) is 3.62. The van der Waals surface area contributed by atoms with Crippen molar-refractivity contribution >= 4 is 6.09 Å². The maximum absolute atomic E-state index is 14.7. The molecule has 27 heavy (non-hydrogen) atoms. The number of alkyl halides is 3. The summed E-state index contributed by atoms with van der Waals surface area (Å²) in [6, 6.07) is 2.23. The van der Waals surface area contributed by atoms with Crippen molar-refractivity contribution in [2.45, 2.75) is 45.3 Å². The van der Waals surface area contributed by atoms with Gasteiger partial charge in [0.25, 0.3) is 0 Å². The van der Waals surface area contributed by atoms with E-state index >= 15 is 0 Å². The van der Waals surface area contributed by atoms with Crippen LogP contribution in [0.3, 0.4) is 0 Å². The molecule has 0 N–H and O–H groups in total. The maximum atomic E-state index is 14.7. The molecule has 2 unspecified atom stereocenters. The number of halogens is 4. The van der Waals surface area contributed by atoms with Gasteiger partial charge in [-0.2, -0.15) is 9.65 Å². The van der Waals surface area contributed by atoms with Crippen LogP contribution < -0.4 is 4.74 Å². The first-order chi connectivity index (χ1) is 12.3. The van der Waals surface area contributed by atoms with Gasteiger partial charge in [-0.3, -0.25) is 0 Å². The highest BCUT2D eigenvalue weighted by Gasteiger charge is 2.45. The SMILES string of the molecule is Cc1nc(OC(F)(CF)C(F)CN(C)C(=O)OC(C)(C)C)c(C#N)cc1F. The number of hydrogen-bond acceptors (Lipinski definition) is 5. The molecule has 1 amide bonds. The monoisotopic (exact) mass is 391 g/mol. The van der Waals surface area contributed by atoms with E-state index in [1.54, 1.807) is 20.8 Å². The smallest absolute Gasteiger partial charge is 0.410 e. The molecule has 6 nitrogen and oxygen atoms in total. The van der Waals surface area contributed by atoms with Gasteiger partial charge in [-0.15, -0.1) is 0 Å². The summed E-state index contributed by atoms with van der Waals surface area (Å²) in [5.74, 6) is -5.15. The first-order valence-corrected chi connectivity index (χ1v) is 7.92. The molecule has 0 spiro atoms. The lowest BCUT2D eigenvalue weighted by molar-refractivity contribution is -0.140. The normalized spacial score (nSPS) is 14.7. The number of carbonyl (C=O) groups excluding carboxylic acids is 1. The Hall–Kier alpha value is -2.57. The Morgan fingerprint density at radius 1 is 1.44 bits per heavy atom. The first kappa shape index (κ1) is 22.5. The van der Waals surface area contributed by atoms with Crippen LogP contribution >= 0.6 is 0 Å². The number of hydrogen-bond donors (Lipinski definition) is 0. The van der Waals surface area contributed by atoms with Crippen molar-refractivity contribution < 1.29 is 31.8 Å². The van der Waals surface area contributed by atoms with Gasteiger partial charge in [-0.25, -0.2) is 22.9 Å². The summed E-state index contributed by atoms with van der Waals surface area (Å²) in [5, 5.41) is 8.95. The number of carbonyl (C=O) groups is 1. The van der Waals surface area contributed by atoms with E-state index in [0.29, 0.717) is 0 Å². The highest BCUT2D eigenvalue weighted by atomic mass is 19.2. The Morgan fingerprint density at radius 2 is 2.04 bits per heavy atom. The zero-order valence-corrected chi connectivity index (χ0v) is 15.6. The average molecular weight is 391 g/mol. The quantitative estimate of drug-likeness (QED) is 0.693. The van der Waals surface area contributed by atoms with Gasteiger partial charge in [0.15, 0.2) is 12.8 Å². The van der Waals surface area contributed by atoms with Crippen LogP contribution in [-0.4, -0.2) is 53.9 Å². The molecule has 0 aromatic carbocycles. The van der Waals surface area contributed by atoms with E-state index < -0.39 is 54.2 Å². The van der Waals surface area contributed by atoms with Crippen molar-refractivity contribution in [2.75, 3.05) is 20.3 Å². The molecule has 1 aromatic rings. The lowest BCUT2D eigenvalue weighted by Crippen LogP contribution is -2.50. The summed E-state index contributed by atoms with van der Waals surface area (Å²) in [4.78, 5) is 16.1. The molecular weight excluding hydrogens is 370 g/mol. The van der Waals surface area contributed by atoms with E-state index in [9.17, 15) is 22.4 Å². The van der Waals surface area contributed by atoms with E-state index in [-0.39, 0.29) is 5.69 Å². The second-order valence-corrected chi connectivity index (χ2v) is 6.87. The molecule has 0 fully saturated rings. The summed E-state index contributed by atoms with van der Waals surface area (Å²) in [6.07, 6.45) is -3.58. The topological polar surface area (TPSA) is 75.4 Å². The molecule has 0 saturated carbocycles. The maximum Gasteiger partial charge on any atom is 0.410 e. The van der Waals surface area contributed by atoms with Crippen molar-refractivity contribution in [3.8, 4) is 11.9 Å². The van der Waals surface area contributed by atoms with Crippen molar-refractivity contribution in [3.05, 3.63) is 23.1 Å². The fourth-order valence-electron chi connectivity index (χ4n) is 1.84. The molecule has 1 aromatic heterocycles. The molecule has 0 aliphatic carbocycles. The minimum atomic E-state index is -3.54. The number of nitrogens with zero attached hydrogens (tertiary/aromatic N) is 3. The van der Waals surface area contributed by atoms with Gasteiger partial charge in [0.2, 0.25) is 5.88 Å². The number of ether oxygens (including phenoxy) is 2. The number of nitriles is 1. The Morgan fingerprint density at radius 3 is 2.52 bits per heavy atom. The molecule has 0 radical (unpaired) electrons. The minimum Gasteiger partial charge on any atom is -0.444 e. The highest BCUT2D eigenvalue weighted by Crippen LogP contribution is 2.28. The van der Waals surface area contributed by atoms with E-state index in [1.807, 2.05) is 0 Å². The average Bonchev–Trinajstić information content (AvgIpc) is 2.55. The lowest BCUT2D eigenvalue weighted by Gasteiger charge is -2.30. The molecular formula is C17H21F4N3O3. The van der Waals surface area contributed by atoms with Gasteiger partial charge in [-0.1, -0.05) is 0 Å². The van der Waals surface area contributed by atoms with Crippen molar-refractivity contribution in [2.24, 2.45) is 0 Å². The van der Waals surface area contributed by atoms with Crippen molar-refractivity contribution in [1.82, 2.24) is 9.88 Å². The van der Waals surface area contributed by atoms with Crippen LogP contribution in [0.1, 0.15) is 32.0 Å². The minimum absolute atomic E-state index is 0.244. The summed E-state index contributed by atoms with van der Waals surface area (Å²) in [7, 11) is 1.14. The molecule has 1 heterocycles. The molecule has 150 valence electrons. The third-order valence-electron chi connectivity index (χ3n) is 3.29. The van der Waals surface area contributed by atoms with Gasteiger partial charge in [0.1, 0.15) is 23.1 Å². The van der Waals surface area contributed by atoms with Crippen LogP contribution in [0.15, 0.2) is 6.07 Å². The van der Waals surface area contributed by atoms with Gasteiger partial charge >= 0.3 is 11.9 Å². The van der Waals surface area contributed by atoms with Crippen molar-refractivity contribution in [3.63, 3.8) is 0 Å². The van der Waals surface area contributed by atoms with Crippen LogP contribution in [0.25, 0.3) is 0 Å². The zero-order chi connectivity index (χ0) is 21.0. The van der Waals surface area contributed by atoms with Gasteiger partial charge < -0.3 is 14.4 Å².